The van der Waals surface area contributed by atoms with E-state index in [4.69, 9.17) is 10.2 Å². The average molecular weight is 300 g/mol. The minimum Gasteiger partial charge on any atom is -0.480 e. The van der Waals surface area contributed by atoms with E-state index < -0.39 is 49.3 Å². The van der Waals surface area contributed by atoms with E-state index in [0.717, 1.165) is 0 Å². The molecule has 0 aromatic heterocycles. The fourth-order valence-electron chi connectivity index (χ4n) is 1.45. The maximum atomic E-state index is 12.3. The van der Waals surface area contributed by atoms with Crippen molar-refractivity contribution in [2.75, 3.05) is 19.7 Å². The summed E-state index contributed by atoms with van der Waals surface area (Å²) in [4.78, 5) is 23.1. The van der Waals surface area contributed by atoms with Crippen molar-refractivity contribution >= 4 is 12.0 Å². The summed E-state index contributed by atoms with van der Waals surface area (Å²) in [6, 6.07) is -2.52. The average Bonchev–Trinajstić information content (AvgIpc) is 2.20. The number of rotatable bonds is 5. The summed E-state index contributed by atoms with van der Waals surface area (Å²) in [5, 5.41) is 19.7. The standard InChI is InChI=1S/C11H19F3N2O4/c1-10(2,3)7(8(18)19)15-9(20)16(4-5-17)6-11(12,13)14/h7,17H,4-6H2,1-3H3,(H,15,20)(H,18,19)/t7-/m1/s1. The molecule has 9 heteroatoms. The first-order valence-corrected chi connectivity index (χ1v) is 5.84. The first-order valence-electron chi connectivity index (χ1n) is 5.84. The second-order valence-electron chi connectivity index (χ2n) is 5.35. The Morgan fingerprint density at radius 3 is 2.05 bits per heavy atom. The van der Waals surface area contributed by atoms with Crippen LogP contribution in [0, 0.1) is 5.41 Å². The Labute approximate surface area is 114 Å². The highest BCUT2D eigenvalue weighted by Crippen LogP contribution is 2.21. The summed E-state index contributed by atoms with van der Waals surface area (Å²) in [7, 11) is 0. The van der Waals surface area contributed by atoms with Crippen LogP contribution >= 0.6 is 0 Å². The van der Waals surface area contributed by atoms with Gasteiger partial charge in [-0.3, -0.25) is 0 Å². The lowest BCUT2D eigenvalue weighted by molar-refractivity contribution is -0.143. The SMILES string of the molecule is CC(C)(C)[C@H](NC(=O)N(CCO)CC(F)(F)F)C(=O)O. The number of aliphatic hydroxyl groups is 1. The van der Waals surface area contributed by atoms with E-state index in [0.29, 0.717) is 4.90 Å². The number of hydrogen-bond donors (Lipinski definition) is 3. The molecule has 6 nitrogen and oxygen atoms in total. The smallest absolute Gasteiger partial charge is 0.406 e. The first kappa shape index (κ1) is 18.5. The summed E-state index contributed by atoms with van der Waals surface area (Å²) in [6.45, 7) is 1.85. The van der Waals surface area contributed by atoms with E-state index >= 15 is 0 Å². The van der Waals surface area contributed by atoms with Crippen LogP contribution in [0.1, 0.15) is 20.8 Å². The van der Waals surface area contributed by atoms with E-state index in [9.17, 15) is 22.8 Å². The van der Waals surface area contributed by atoms with Crippen molar-refractivity contribution in [3.8, 4) is 0 Å². The minimum absolute atomic E-state index is 0.321. The molecule has 0 fully saturated rings. The minimum atomic E-state index is -4.63. The highest BCUT2D eigenvalue weighted by molar-refractivity contribution is 5.83. The maximum Gasteiger partial charge on any atom is 0.406 e. The summed E-state index contributed by atoms with van der Waals surface area (Å²) < 4.78 is 36.9. The predicted octanol–water partition coefficient (Wildman–Crippen LogP) is 1.05. The Bertz CT molecular complexity index is 353. The van der Waals surface area contributed by atoms with Crippen LogP contribution in [-0.2, 0) is 4.79 Å². The number of nitrogens with zero attached hydrogens (tertiary/aromatic N) is 1. The molecule has 0 heterocycles. The van der Waals surface area contributed by atoms with E-state index in [1.165, 1.54) is 20.8 Å². The molecule has 2 amide bonds. The van der Waals surface area contributed by atoms with Crippen LogP contribution in [0.2, 0.25) is 0 Å². The lowest BCUT2D eigenvalue weighted by Crippen LogP contribution is -2.55. The maximum absolute atomic E-state index is 12.3. The van der Waals surface area contributed by atoms with Crippen LogP contribution in [0.25, 0.3) is 0 Å². The third-order valence-electron chi connectivity index (χ3n) is 2.41. The van der Waals surface area contributed by atoms with Crippen LogP contribution in [0.3, 0.4) is 0 Å². The third kappa shape index (κ3) is 6.60. The summed E-state index contributed by atoms with van der Waals surface area (Å²) in [5.41, 5.74) is -0.870. The Hall–Kier alpha value is -1.51. The highest BCUT2D eigenvalue weighted by Gasteiger charge is 2.37. The molecule has 0 saturated heterocycles. The van der Waals surface area contributed by atoms with Gasteiger partial charge in [-0.1, -0.05) is 20.8 Å². The number of hydrogen-bond acceptors (Lipinski definition) is 3. The zero-order chi connectivity index (χ0) is 16.1. The van der Waals surface area contributed by atoms with Gasteiger partial charge in [0.2, 0.25) is 0 Å². The molecule has 0 aliphatic carbocycles. The monoisotopic (exact) mass is 300 g/mol. The van der Waals surface area contributed by atoms with Crippen LogP contribution in [0.15, 0.2) is 0 Å². The summed E-state index contributed by atoms with van der Waals surface area (Å²) in [6.07, 6.45) is -4.63. The van der Waals surface area contributed by atoms with Gasteiger partial charge in [-0.15, -0.1) is 0 Å². The number of alkyl halides is 3. The Kier molecular flexibility index (Phi) is 6.27. The second kappa shape index (κ2) is 6.78. The van der Waals surface area contributed by atoms with Gasteiger partial charge >= 0.3 is 18.2 Å². The number of nitrogens with one attached hydrogen (secondary N) is 1. The number of carbonyl (C=O) groups excluding carboxylic acids is 1. The van der Waals surface area contributed by atoms with Gasteiger partial charge in [-0.2, -0.15) is 13.2 Å². The lowest BCUT2D eigenvalue weighted by atomic mass is 9.87. The number of aliphatic hydroxyl groups excluding tert-OH is 1. The van der Waals surface area contributed by atoms with Crippen LogP contribution in [-0.4, -0.2) is 59.0 Å². The molecule has 0 unspecified atom stereocenters. The quantitative estimate of drug-likeness (QED) is 0.708. The van der Waals surface area contributed by atoms with Gasteiger partial charge in [0.25, 0.3) is 0 Å². The van der Waals surface area contributed by atoms with Gasteiger partial charge in [0.1, 0.15) is 12.6 Å². The van der Waals surface area contributed by atoms with Crippen molar-refractivity contribution in [3.05, 3.63) is 0 Å². The molecule has 1 atom stereocenters. The summed E-state index contributed by atoms with van der Waals surface area (Å²) in [5.74, 6) is -1.35. The molecule has 0 spiro atoms. The molecule has 0 radical (unpaired) electrons. The topological polar surface area (TPSA) is 89.9 Å². The van der Waals surface area contributed by atoms with Gasteiger partial charge < -0.3 is 20.4 Å². The van der Waals surface area contributed by atoms with Crippen molar-refractivity contribution in [3.63, 3.8) is 0 Å². The van der Waals surface area contributed by atoms with Gasteiger partial charge in [-0.05, 0) is 5.41 Å². The molecule has 0 saturated carbocycles. The van der Waals surface area contributed by atoms with Crippen LogP contribution < -0.4 is 5.32 Å². The zero-order valence-corrected chi connectivity index (χ0v) is 11.5. The van der Waals surface area contributed by atoms with Gasteiger partial charge in [0, 0.05) is 6.54 Å². The van der Waals surface area contributed by atoms with E-state index in [1.807, 2.05) is 5.32 Å². The molecule has 0 aliphatic rings. The predicted molar refractivity (Wildman–Crippen MR) is 64.1 cm³/mol. The second-order valence-corrected chi connectivity index (χ2v) is 5.35. The van der Waals surface area contributed by atoms with Gasteiger partial charge in [0.05, 0.1) is 6.61 Å². The lowest BCUT2D eigenvalue weighted by Gasteiger charge is -2.31. The number of amides is 2. The molecule has 0 aromatic carbocycles. The fourth-order valence-corrected chi connectivity index (χ4v) is 1.45. The largest absolute Gasteiger partial charge is 0.480 e. The van der Waals surface area contributed by atoms with Crippen molar-refractivity contribution in [2.45, 2.75) is 33.0 Å². The van der Waals surface area contributed by atoms with Crippen LogP contribution in [0.4, 0.5) is 18.0 Å². The van der Waals surface area contributed by atoms with E-state index in [1.54, 1.807) is 0 Å². The van der Waals surface area contributed by atoms with Crippen molar-refractivity contribution < 1.29 is 33.0 Å². The Balaban J connectivity index is 4.94. The number of carbonyl (C=O) groups is 2. The summed E-state index contributed by atoms with van der Waals surface area (Å²) >= 11 is 0. The number of carboxylic acids is 1. The van der Waals surface area contributed by atoms with Crippen molar-refractivity contribution in [1.29, 1.82) is 0 Å². The van der Waals surface area contributed by atoms with Crippen molar-refractivity contribution in [2.24, 2.45) is 5.41 Å². The van der Waals surface area contributed by atoms with E-state index in [-0.39, 0.29) is 0 Å². The Morgan fingerprint density at radius 2 is 1.75 bits per heavy atom. The highest BCUT2D eigenvalue weighted by atomic mass is 19.4. The molecule has 20 heavy (non-hydrogen) atoms. The molecular weight excluding hydrogens is 281 g/mol. The molecule has 0 aromatic rings. The molecule has 0 rings (SSSR count). The first-order chi connectivity index (χ1) is 8.88. The fraction of sp³-hybridized carbons (Fsp3) is 0.818. The number of halogens is 3. The zero-order valence-electron chi connectivity index (χ0n) is 11.5. The van der Waals surface area contributed by atoms with Crippen molar-refractivity contribution in [1.82, 2.24) is 10.2 Å². The molecule has 0 aliphatic heterocycles. The molecule has 0 bridgehead atoms. The third-order valence-corrected chi connectivity index (χ3v) is 2.41. The normalized spacial score (nSPS) is 13.8. The Morgan fingerprint density at radius 1 is 1.25 bits per heavy atom. The van der Waals surface area contributed by atoms with Gasteiger partial charge in [0.15, 0.2) is 0 Å². The van der Waals surface area contributed by atoms with Gasteiger partial charge in [-0.25, -0.2) is 9.59 Å². The molecular formula is C11H19F3N2O4. The number of carboxylic acid groups (broad SMARTS) is 1. The van der Waals surface area contributed by atoms with Crippen LogP contribution in [0.5, 0.6) is 0 Å². The molecule has 118 valence electrons. The molecule has 3 N–H and O–H groups in total. The number of urea groups is 1. The van der Waals surface area contributed by atoms with E-state index in [2.05, 4.69) is 0 Å². The number of aliphatic carboxylic acids is 1.